The van der Waals surface area contributed by atoms with E-state index in [2.05, 4.69) is 20.0 Å². The number of nitrogens with zero attached hydrogens (tertiary/aromatic N) is 4. The van der Waals surface area contributed by atoms with E-state index in [9.17, 15) is 17.6 Å². The van der Waals surface area contributed by atoms with Crippen LogP contribution in [0.2, 0.25) is 0 Å². The van der Waals surface area contributed by atoms with Gasteiger partial charge in [-0.2, -0.15) is 0 Å². The van der Waals surface area contributed by atoms with E-state index >= 15 is 0 Å². The molecule has 1 aliphatic heterocycles. The number of aromatic nitrogens is 3. The van der Waals surface area contributed by atoms with Crippen LogP contribution in [0.25, 0.3) is 22.0 Å². The number of pyridine rings is 1. The number of carbonyl (C=O) groups is 1. The molecule has 2 aromatic carbocycles. The molecule has 4 aromatic rings. The number of anilines is 2. The molecule has 13 heteroatoms. The average Bonchev–Trinajstić information content (AvgIpc) is 3.86. The SMILES string of the molecule is Cc1ccc2c(NS(=O)(=O)C3CC3)c(F)ccc2c1Oc1ncccc1-c1ccnc(N[C@H]2CCCN(C(=O)OC(C)(C)C)C2)n1. The zero-order valence-electron chi connectivity index (χ0n) is 26.2. The van der Waals surface area contributed by atoms with Crippen molar-refractivity contribution in [3.8, 4) is 22.9 Å². The highest BCUT2D eigenvalue weighted by Crippen LogP contribution is 2.40. The average molecular weight is 649 g/mol. The second kappa shape index (κ2) is 12.3. The summed E-state index contributed by atoms with van der Waals surface area (Å²) in [6.07, 6.45) is 5.67. The van der Waals surface area contributed by atoms with Crippen LogP contribution < -0.4 is 14.8 Å². The van der Waals surface area contributed by atoms with Crippen molar-refractivity contribution >= 4 is 38.5 Å². The zero-order valence-corrected chi connectivity index (χ0v) is 27.0. The molecular formula is C33H37FN6O5S. The van der Waals surface area contributed by atoms with Crippen molar-refractivity contribution in [2.24, 2.45) is 0 Å². The molecule has 1 aliphatic carbocycles. The Morgan fingerprint density at radius 3 is 2.57 bits per heavy atom. The van der Waals surface area contributed by atoms with E-state index in [-0.39, 0.29) is 23.7 Å². The van der Waals surface area contributed by atoms with E-state index in [4.69, 9.17) is 14.5 Å². The largest absolute Gasteiger partial charge is 0.444 e. The van der Waals surface area contributed by atoms with Crippen LogP contribution in [0.15, 0.2) is 54.9 Å². The third-order valence-corrected chi connectivity index (χ3v) is 9.65. The number of nitrogens with one attached hydrogen (secondary N) is 2. The van der Waals surface area contributed by atoms with Gasteiger partial charge in [0.25, 0.3) is 0 Å². The van der Waals surface area contributed by atoms with Crippen molar-refractivity contribution in [2.45, 2.75) is 70.3 Å². The van der Waals surface area contributed by atoms with Gasteiger partial charge in [0.2, 0.25) is 21.9 Å². The molecule has 2 aliphatic rings. The Hall–Kier alpha value is -4.52. The molecule has 0 unspecified atom stereocenters. The molecule has 3 heterocycles. The number of halogens is 1. The normalized spacial score (nSPS) is 17.1. The molecular weight excluding hydrogens is 611 g/mol. The van der Waals surface area contributed by atoms with Gasteiger partial charge in [0.05, 0.1) is 22.2 Å². The minimum atomic E-state index is -3.70. The zero-order chi connectivity index (χ0) is 32.6. The molecule has 1 amide bonds. The Kier molecular flexibility index (Phi) is 8.45. The van der Waals surface area contributed by atoms with Gasteiger partial charge in [0, 0.05) is 42.3 Å². The summed E-state index contributed by atoms with van der Waals surface area (Å²) in [4.78, 5) is 28.0. The predicted octanol–water partition coefficient (Wildman–Crippen LogP) is 6.65. The number of piperidine rings is 1. The first-order valence-corrected chi connectivity index (χ1v) is 16.9. The van der Waals surface area contributed by atoms with E-state index in [0.29, 0.717) is 59.7 Å². The Morgan fingerprint density at radius 2 is 1.80 bits per heavy atom. The topological polar surface area (TPSA) is 136 Å². The van der Waals surface area contributed by atoms with Crippen molar-refractivity contribution in [2.75, 3.05) is 23.1 Å². The molecule has 11 nitrogen and oxygen atoms in total. The highest BCUT2D eigenvalue weighted by Gasteiger charge is 2.36. The highest BCUT2D eigenvalue weighted by atomic mass is 32.2. The number of aryl methyl sites for hydroxylation is 1. The first-order valence-electron chi connectivity index (χ1n) is 15.3. The molecule has 46 heavy (non-hydrogen) atoms. The first-order chi connectivity index (χ1) is 21.9. The van der Waals surface area contributed by atoms with Crippen LogP contribution in [-0.2, 0) is 14.8 Å². The predicted molar refractivity (Wildman–Crippen MR) is 174 cm³/mol. The summed E-state index contributed by atoms with van der Waals surface area (Å²) in [5.74, 6) is 0.410. The van der Waals surface area contributed by atoms with E-state index in [1.165, 1.54) is 6.07 Å². The van der Waals surface area contributed by atoms with Crippen molar-refractivity contribution in [1.29, 1.82) is 0 Å². The standard InChI is InChI=1S/C33H37FN6O5S/c1-20-9-12-23-24(13-14-26(34)28(23)39-46(42,43)22-10-11-22)29(20)44-30-25(8-5-16-35-30)27-15-17-36-31(38-27)37-21-7-6-18-40(19-21)32(41)45-33(2,3)4/h5,8-9,12-17,21-22,39H,6-7,10-11,18-19H2,1-4H3,(H,36,37,38)/t21-/m0/s1. The number of rotatable bonds is 8. The second-order valence-corrected chi connectivity index (χ2v) is 14.7. The molecule has 1 atom stereocenters. The second-order valence-electron chi connectivity index (χ2n) is 12.7. The van der Waals surface area contributed by atoms with Gasteiger partial charge in [-0.1, -0.05) is 12.1 Å². The van der Waals surface area contributed by atoms with E-state index < -0.39 is 26.7 Å². The number of hydrogen-bond donors (Lipinski definition) is 2. The third kappa shape index (κ3) is 6.99. The smallest absolute Gasteiger partial charge is 0.410 e. The van der Waals surface area contributed by atoms with Gasteiger partial charge < -0.3 is 19.7 Å². The molecule has 2 aromatic heterocycles. The fourth-order valence-corrected chi connectivity index (χ4v) is 6.83. The summed E-state index contributed by atoms with van der Waals surface area (Å²) in [7, 11) is -3.70. The van der Waals surface area contributed by atoms with Crippen LogP contribution in [0, 0.1) is 12.7 Å². The minimum absolute atomic E-state index is 0.0635. The maximum Gasteiger partial charge on any atom is 0.410 e. The quantitative estimate of drug-likeness (QED) is 0.215. The summed E-state index contributed by atoms with van der Waals surface area (Å²) in [5, 5.41) is 3.76. The van der Waals surface area contributed by atoms with Gasteiger partial charge in [0.15, 0.2) is 0 Å². The number of hydrogen-bond acceptors (Lipinski definition) is 9. The van der Waals surface area contributed by atoms with Crippen LogP contribution in [0.1, 0.15) is 52.0 Å². The van der Waals surface area contributed by atoms with Gasteiger partial charge in [-0.15, -0.1) is 0 Å². The molecule has 2 N–H and O–H groups in total. The number of amides is 1. The van der Waals surface area contributed by atoms with Crippen molar-refractivity contribution in [3.05, 3.63) is 66.2 Å². The first kappa shape index (κ1) is 31.5. The lowest BCUT2D eigenvalue weighted by atomic mass is 10.0. The van der Waals surface area contributed by atoms with Crippen LogP contribution in [0.3, 0.4) is 0 Å². The van der Waals surface area contributed by atoms with E-state index in [1.807, 2.05) is 33.8 Å². The molecule has 0 radical (unpaired) electrons. The van der Waals surface area contributed by atoms with Crippen LogP contribution in [-0.4, -0.2) is 64.3 Å². The summed E-state index contributed by atoms with van der Waals surface area (Å²) in [5.41, 5.74) is 1.23. The molecule has 0 spiro atoms. The number of fused-ring (bicyclic) bond motifs is 1. The summed E-state index contributed by atoms with van der Waals surface area (Å²) < 4.78 is 54.8. The fraction of sp³-hybridized carbons (Fsp3) is 0.394. The van der Waals surface area contributed by atoms with Crippen LogP contribution >= 0.6 is 0 Å². The Morgan fingerprint density at radius 1 is 1.02 bits per heavy atom. The van der Waals surface area contributed by atoms with Crippen molar-refractivity contribution < 1.29 is 27.1 Å². The Labute approximate surface area is 267 Å². The van der Waals surface area contributed by atoms with Gasteiger partial charge in [-0.3, -0.25) is 4.72 Å². The Bertz CT molecular complexity index is 1890. The maximum absolute atomic E-state index is 15.0. The number of carbonyl (C=O) groups excluding carboxylic acids is 1. The highest BCUT2D eigenvalue weighted by molar-refractivity contribution is 7.93. The Balaban J connectivity index is 1.26. The van der Waals surface area contributed by atoms with Gasteiger partial charge >= 0.3 is 6.09 Å². The number of ether oxygens (including phenoxy) is 2. The fourth-order valence-electron chi connectivity index (χ4n) is 5.42. The van der Waals surface area contributed by atoms with Gasteiger partial charge in [0.1, 0.15) is 17.2 Å². The lowest BCUT2D eigenvalue weighted by Gasteiger charge is -2.34. The molecule has 1 saturated heterocycles. The lowest BCUT2D eigenvalue weighted by molar-refractivity contribution is 0.0206. The summed E-state index contributed by atoms with van der Waals surface area (Å²) in [6, 6.07) is 11.5. The van der Waals surface area contributed by atoms with E-state index in [1.54, 1.807) is 47.6 Å². The van der Waals surface area contributed by atoms with Gasteiger partial charge in [-0.05, 0) is 89.3 Å². The van der Waals surface area contributed by atoms with Gasteiger partial charge in [-0.25, -0.2) is 32.6 Å². The molecule has 2 fully saturated rings. The van der Waals surface area contributed by atoms with Crippen LogP contribution in [0.5, 0.6) is 11.6 Å². The van der Waals surface area contributed by atoms with E-state index in [0.717, 1.165) is 18.4 Å². The molecule has 0 bridgehead atoms. The number of benzene rings is 2. The van der Waals surface area contributed by atoms with Crippen molar-refractivity contribution in [3.63, 3.8) is 0 Å². The summed E-state index contributed by atoms with van der Waals surface area (Å²) >= 11 is 0. The molecule has 1 saturated carbocycles. The minimum Gasteiger partial charge on any atom is -0.444 e. The van der Waals surface area contributed by atoms with Crippen molar-refractivity contribution in [1.82, 2.24) is 19.9 Å². The summed E-state index contributed by atoms with van der Waals surface area (Å²) in [6.45, 7) is 8.48. The monoisotopic (exact) mass is 648 g/mol. The lowest BCUT2D eigenvalue weighted by Crippen LogP contribution is -2.47. The number of likely N-dealkylation sites (tertiary alicyclic amines) is 1. The molecule has 6 rings (SSSR count). The third-order valence-electron chi connectivity index (χ3n) is 7.81. The molecule has 242 valence electrons. The maximum atomic E-state index is 15.0. The van der Waals surface area contributed by atoms with Crippen LogP contribution in [0.4, 0.5) is 20.8 Å². The number of sulfonamides is 1.